The Labute approximate surface area is 189 Å². The Morgan fingerprint density at radius 1 is 1.13 bits per heavy atom. The molecule has 0 fully saturated rings. The number of aryl methyl sites for hydroxylation is 2. The number of carbonyl (C=O) groups is 1. The van der Waals surface area contributed by atoms with Crippen molar-refractivity contribution in [1.82, 2.24) is 14.8 Å². The first kappa shape index (κ1) is 22.5. The van der Waals surface area contributed by atoms with E-state index in [0.29, 0.717) is 26.7 Å². The van der Waals surface area contributed by atoms with E-state index < -0.39 is 0 Å². The molecule has 0 aliphatic carbocycles. The van der Waals surface area contributed by atoms with Crippen molar-refractivity contribution >= 4 is 46.6 Å². The number of amides is 1. The zero-order valence-electron chi connectivity index (χ0n) is 17.1. The summed E-state index contributed by atoms with van der Waals surface area (Å²) < 4.78 is 7.88. The Balaban J connectivity index is 1.60. The van der Waals surface area contributed by atoms with E-state index in [1.54, 1.807) is 18.2 Å². The fraction of sp³-hybridized carbons (Fsp3) is 0.286. The number of rotatable bonds is 7. The van der Waals surface area contributed by atoms with Gasteiger partial charge in [-0.2, -0.15) is 0 Å². The number of hydrogen-bond donors (Lipinski definition) is 1. The van der Waals surface area contributed by atoms with Gasteiger partial charge in [0.15, 0.2) is 17.1 Å². The van der Waals surface area contributed by atoms with Gasteiger partial charge < -0.3 is 14.6 Å². The summed E-state index contributed by atoms with van der Waals surface area (Å²) in [6.45, 7) is 5.99. The predicted molar refractivity (Wildman–Crippen MR) is 122 cm³/mol. The number of nitrogens with one attached hydrogen (secondary N) is 1. The van der Waals surface area contributed by atoms with Gasteiger partial charge in [-0.1, -0.05) is 41.0 Å². The number of anilines is 1. The van der Waals surface area contributed by atoms with E-state index in [-0.39, 0.29) is 17.8 Å². The Morgan fingerprint density at radius 2 is 1.83 bits per heavy atom. The second kappa shape index (κ2) is 9.73. The van der Waals surface area contributed by atoms with Gasteiger partial charge in [0.2, 0.25) is 5.91 Å². The lowest BCUT2D eigenvalue weighted by Crippen LogP contribution is -2.15. The van der Waals surface area contributed by atoms with Crippen molar-refractivity contribution in [3.63, 3.8) is 0 Å². The average Bonchev–Trinajstić information content (AvgIpc) is 3.03. The van der Waals surface area contributed by atoms with Crippen LogP contribution >= 0.6 is 35.0 Å². The molecule has 0 aliphatic heterocycles. The molecule has 158 valence electrons. The molecule has 9 heteroatoms. The lowest BCUT2D eigenvalue weighted by atomic mass is 10.1. The normalized spacial score (nSPS) is 11.9. The summed E-state index contributed by atoms with van der Waals surface area (Å²) >= 11 is 13.2. The topological polar surface area (TPSA) is 69.0 Å². The first-order chi connectivity index (χ1) is 14.2. The van der Waals surface area contributed by atoms with E-state index in [0.717, 1.165) is 16.9 Å². The van der Waals surface area contributed by atoms with Crippen molar-refractivity contribution in [2.75, 3.05) is 11.1 Å². The van der Waals surface area contributed by atoms with Crippen LogP contribution in [0.3, 0.4) is 0 Å². The van der Waals surface area contributed by atoms with E-state index in [1.165, 1.54) is 11.8 Å². The molecule has 2 aromatic carbocycles. The number of nitrogens with zero attached hydrogens (tertiary/aromatic N) is 3. The number of thioether (sulfide) groups is 1. The fourth-order valence-electron chi connectivity index (χ4n) is 2.96. The SMILES string of the molecule is Cc1cc(C)cc(OC(C)c2nnc(SCC(=O)Nc3ccc(Cl)c(Cl)c3)n2C)c1. The number of aromatic nitrogens is 3. The van der Waals surface area contributed by atoms with Crippen LogP contribution in [0.4, 0.5) is 5.69 Å². The number of halogens is 2. The highest BCUT2D eigenvalue weighted by atomic mass is 35.5. The Bertz CT molecular complexity index is 1050. The molecule has 0 radical (unpaired) electrons. The first-order valence-electron chi connectivity index (χ1n) is 9.25. The van der Waals surface area contributed by atoms with E-state index in [2.05, 4.69) is 21.6 Å². The largest absolute Gasteiger partial charge is 0.483 e. The van der Waals surface area contributed by atoms with Gasteiger partial charge in [0.25, 0.3) is 0 Å². The lowest BCUT2D eigenvalue weighted by Gasteiger charge is -2.15. The third kappa shape index (κ3) is 5.68. The number of ether oxygens (including phenoxy) is 1. The van der Waals surface area contributed by atoms with Gasteiger partial charge in [0.05, 0.1) is 15.8 Å². The lowest BCUT2D eigenvalue weighted by molar-refractivity contribution is -0.113. The van der Waals surface area contributed by atoms with Crippen LogP contribution in [0.1, 0.15) is 30.0 Å². The Morgan fingerprint density at radius 3 is 2.50 bits per heavy atom. The molecule has 3 rings (SSSR count). The molecule has 0 aliphatic rings. The highest BCUT2D eigenvalue weighted by molar-refractivity contribution is 7.99. The molecule has 1 amide bonds. The maximum Gasteiger partial charge on any atom is 0.234 e. The van der Waals surface area contributed by atoms with Crippen LogP contribution in [0, 0.1) is 13.8 Å². The molecule has 0 saturated heterocycles. The van der Waals surface area contributed by atoms with Gasteiger partial charge in [-0.3, -0.25) is 4.79 Å². The molecule has 0 bridgehead atoms. The van der Waals surface area contributed by atoms with E-state index >= 15 is 0 Å². The Kier molecular flexibility index (Phi) is 7.28. The maximum atomic E-state index is 12.2. The van der Waals surface area contributed by atoms with Gasteiger partial charge in [-0.25, -0.2) is 0 Å². The molecule has 1 unspecified atom stereocenters. The summed E-state index contributed by atoms with van der Waals surface area (Å²) in [7, 11) is 1.86. The molecule has 1 aromatic heterocycles. The van der Waals surface area contributed by atoms with Crippen LogP contribution < -0.4 is 10.1 Å². The van der Waals surface area contributed by atoms with Gasteiger partial charge >= 0.3 is 0 Å². The smallest absolute Gasteiger partial charge is 0.234 e. The van der Waals surface area contributed by atoms with Crippen molar-refractivity contribution in [1.29, 1.82) is 0 Å². The maximum absolute atomic E-state index is 12.2. The molecule has 1 N–H and O–H groups in total. The highest BCUT2D eigenvalue weighted by Gasteiger charge is 2.18. The predicted octanol–water partition coefficient (Wildman–Crippen LogP) is 5.61. The van der Waals surface area contributed by atoms with E-state index in [9.17, 15) is 4.79 Å². The minimum Gasteiger partial charge on any atom is -0.483 e. The highest BCUT2D eigenvalue weighted by Crippen LogP contribution is 2.27. The van der Waals surface area contributed by atoms with Crippen LogP contribution in [0.5, 0.6) is 5.75 Å². The molecule has 0 spiro atoms. The molecular formula is C21H22Cl2N4O2S. The zero-order chi connectivity index (χ0) is 21.8. The molecule has 1 atom stereocenters. The average molecular weight is 465 g/mol. The van der Waals surface area contributed by atoms with Gasteiger partial charge in [0, 0.05) is 12.7 Å². The summed E-state index contributed by atoms with van der Waals surface area (Å²) in [5.74, 6) is 1.47. The molecule has 3 aromatic rings. The third-order valence-electron chi connectivity index (χ3n) is 4.28. The molecule has 6 nitrogen and oxygen atoms in total. The number of hydrogen-bond acceptors (Lipinski definition) is 5. The van der Waals surface area contributed by atoms with Crippen molar-refractivity contribution in [3.8, 4) is 5.75 Å². The molecule has 30 heavy (non-hydrogen) atoms. The monoisotopic (exact) mass is 464 g/mol. The minimum absolute atomic E-state index is 0.178. The minimum atomic E-state index is -0.289. The van der Waals surface area contributed by atoms with Gasteiger partial charge in [-0.15, -0.1) is 10.2 Å². The summed E-state index contributed by atoms with van der Waals surface area (Å²) in [6, 6.07) is 11.0. The van der Waals surface area contributed by atoms with Gasteiger partial charge in [-0.05, 0) is 62.2 Å². The van der Waals surface area contributed by atoms with Crippen LogP contribution in [-0.2, 0) is 11.8 Å². The summed E-state index contributed by atoms with van der Waals surface area (Å²) in [5, 5.41) is 12.7. The molecule has 0 saturated carbocycles. The van der Waals surface area contributed by atoms with E-state index in [4.69, 9.17) is 27.9 Å². The molecule has 1 heterocycles. The van der Waals surface area contributed by atoms with Crippen molar-refractivity contribution in [2.24, 2.45) is 7.05 Å². The van der Waals surface area contributed by atoms with Crippen LogP contribution in [0.2, 0.25) is 10.0 Å². The van der Waals surface area contributed by atoms with Crippen LogP contribution in [0.15, 0.2) is 41.6 Å². The van der Waals surface area contributed by atoms with Gasteiger partial charge in [0.1, 0.15) is 5.75 Å². The van der Waals surface area contributed by atoms with Crippen LogP contribution in [-0.4, -0.2) is 26.4 Å². The van der Waals surface area contributed by atoms with Crippen molar-refractivity contribution in [3.05, 3.63) is 63.4 Å². The van der Waals surface area contributed by atoms with Crippen LogP contribution in [0.25, 0.3) is 0 Å². The molecular weight excluding hydrogens is 443 g/mol. The van der Waals surface area contributed by atoms with E-state index in [1.807, 2.05) is 44.5 Å². The van der Waals surface area contributed by atoms with Crippen molar-refractivity contribution < 1.29 is 9.53 Å². The zero-order valence-corrected chi connectivity index (χ0v) is 19.4. The summed E-state index contributed by atoms with van der Waals surface area (Å²) in [5.41, 5.74) is 2.86. The first-order valence-corrected chi connectivity index (χ1v) is 11.0. The van der Waals surface area contributed by atoms with Crippen molar-refractivity contribution in [2.45, 2.75) is 32.0 Å². The second-order valence-corrected chi connectivity index (χ2v) is 8.71. The Hall–Kier alpha value is -2.22. The standard InChI is InChI=1S/C21H22Cl2N4O2S/c1-12-7-13(2)9-16(8-12)29-14(3)20-25-26-21(27(20)4)30-11-19(28)24-15-5-6-17(22)18(23)10-15/h5-10,14H,11H2,1-4H3,(H,24,28). The fourth-order valence-corrected chi connectivity index (χ4v) is 3.98. The number of carbonyl (C=O) groups excluding carboxylic acids is 1. The number of benzene rings is 2. The summed E-state index contributed by atoms with van der Waals surface area (Å²) in [6.07, 6.45) is -0.289. The summed E-state index contributed by atoms with van der Waals surface area (Å²) in [4.78, 5) is 12.2. The second-order valence-electron chi connectivity index (χ2n) is 6.95. The third-order valence-corrected chi connectivity index (χ3v) is 6.04. The quantitative estimate of drug-likeness (QED) is 0.460.